The number of halogens is 4. The summed E-state index contributed by atoms with van der Waals surface area (Å²) >= 11 is 41.3. The van der Waals surface area contributed by atoms with Crippen molar-refractivity contribution in [3.05, 3.63) is 117 Å². The number of hydrogen-bond acceptors (Lipinski definition) is 12. The summed E-state index contributed by atoms with van der Waals surface area (Å²) in [5.41, 5.74) is -11.0. The van der Waals surface area contributed by atoms with Crippen molar-refractivity contribution in [3.8, 4) is 0 Å². The van der Waals surface area contributed by atoms with Crippen LogP contribution in [0.5, 0.6) is 0 Å². The molecular formula is C40H52Cl4N4P4S8. The van der Waals surface area contributed by atoms with Gasteiger partial charge in [-0.05, 0) is 168 Å². The second-order valence-electron chi connectivity index (χ2n) is 13.2. The summed E-state index contributed by atoms with van der Waals surface area (Å²) in [6, 6.07) is 33.0. The molecule has 0 saturated heterocycles. The van der Waals surface area contributed by atoms with Gasteiger partial charge in [0.05, 0.1) is 0 Å². The molecular weight excluding hydrogens is 1060 g/mol. The van der Waals surface area contributed by atoms with Crippen LogP contribution in [-0.2, 0) is 0 Å². The van der Waals surface area contributed by atoms with Gasteiger partial charge in [-0.15, -0.1) is 0 Å². The van der Waals surface area contributed by atoms with E-state index >= 15 is 0 Å². The number of benzene rings is 4. The van der Waals surface area contributed by atoms with E-state index in [0.29, 0.717) is 20.1 Å². The Hall–Kier alpha value is 1.76. The highest BCUT2D eigenvalue weighted by molar-refractivity contribution is 9.00. The van der Waals surface area contributed by atoms with Crippen molar-refractivity contribution in [1.82, 2.24) is 0 Å². The van der Waals surface area contributed by atoms with E-state index in [9.17, 15) is 0 Å². The lowest BCUT2D eigenvalue weighted by atomic mass is 10.4. The van der Waals surface area contributed by atoms with Gasteiger partial charge in [-0.25, -0.2) is 18.1 Å². The van der Waals surface area contributed by atoms with Crippen molar-refractivity contribution in [2.24, 2.45) is 18.1 Å². The van der Waals surface area contributed by atoms with Crippen molar-refractivity contribution >= 4 is 160 Å². The molecule has 0 fully saturated rings. The van der Waals surface area contributed by atoms with Crippen molar-refractivity contribution in [2.75, 3.05) is 23.0 Å². The second-order valence-corrected chi connectivity index (χ2v) is 47.3. The van der Waals surface area contributed by atoms with E-state index in [2.05, 4.69) is 76.2 Å². The van der Waals surface area contributed by atoms with Crippen molar-refractivity contribution in [1.29, 1.82) is 0 Å². The molecule has 5 rings (SSSR count). The molecule has 60 heavy (non-hydrogen) atoms. The molecule has 1 aliphatic rings. The summed E-state index contributed by atoms with van der Waals surface area (Å²) in [6.45, 7) is 9.05. The van der Waals surface area contributed by atoms with E-state index in [-0.39, 0.29) is 0 Å². The third-order valence-corrected chi connectivity index (χ3v) is 51.0. The average Bonchev–Trinajstić information content (AvgIpc) is 3.21. The highest BCUT2D eigenvalue weighted by Gasteiger charge is 2.41. The fourth-order valence-corrected chi connectivity index (χ4v) is 65.4. The Morgan fingerprint density at radius 1 is 0.333 bits per heavy atom. The van der Waals surface area contributed by atoms with Crippen LogP contribution >= 0.6 is 160 Å². The van der Waals surface area contributed by atoms with Gasteiger partial charge in [0.2, 0.25) is 0 Å². The number of rotatable bonds is 24. The first-order valence-corrected chi connectivity index (χ1v) is 40.2. The maximum Gasteiger partial charge on any atom is 0.195 e. The molecule has 0 amide bonds. The summed E-state index contributed by atoms with van der Waals surface area (Å²) in [5.74, 6) is 3.78. The normalized spacial score (nSPS) is 22.8. The zero-order valence-corrected chi connectivity index (χ0v) is 47.2. The van der Waals surface area contributed by atoms with E-state index in [0.717, 1.165) is 94.0 Å². The van der Waals surface area contributed by atoms with Gasteiger partial charge in [0, 0.05) is 62.7 Å². The maximum atomic E-state index is 6.52. The lowest BCUT2D eigenvalue weighted by molar-refractivity contribution is 0.898. The van der Waals surface area contributed by atoms with Gasteiger partial charge in [-0.3, -0.25) is 0 Å². The van der Waals surface area contributed by atoms with Gasteiger partial charge >= 0.3 is 0 Å². The van der Waals surface area contributed by atoms with Gasteiger partial charge in [-0.2, -0.15) is 0 Å². The van der Waals surface area contributed by atoms with Gasteiger partial charge in [-0.1, -0.05) is 145 Å². The topological polar surface area (TPSA) is 49.4 Å². The third kappa shape index (κ3) is 17.1. The number of nitrogens with zero attached hydrogens (tertiary/aromatic N) is 4. The SMILES string of the molecule is CCCCSP1(Sc2ccc(Cl)cc2)=NP(SCCCC)(Sc2ccc(Cl)cc2)=NP(SCCCC)(Sc2ccc(Cl)cc2)=NP(SCCCC)(Sc2ccc(Cl)cc2)=N1. The molecule has 4 nitrogen and oxygen atoms in total. The molecule has 0 saturated carbocycles. The molecule has 1 aliphatic heterocycles. The first-order valence-electron chi connectivity index (χ1n) is 19.9. The Morgan fingerprint density at radius 3 is 0.683 bits per heavy atom. The molecule has 0 aromatic heterocycles. The minimum Gasteiger partial charge on any atom is -0.201 e. The quantitative estimate of drug-likeness (QED) is 0.0508. The zero-order valence-electron chi connectivity index (χ0n) is 34.1. The fraction of sp³-hybridized carbons (Fsp3) is 0.400. The van der Waals surface area contributed by atoms with Crippen LogP contribution in [0.2, 0.25) is 20.1 Å². The lowest BCUT2D eigenvalue weighted by Crippen LogP contribution is -1.86. The van der Waals surface area contributed by atoms with Crippen molar-refractivity contribution < 1.29 is 0 Å². The Kier molecular flexibility index (Phi) is 23.7. The lowest BCUT2D eigenvalue weighted by Gasteiger charge is -2.34. The van der Waals surface area contributed by atoms with Crippen LogP contribution in [0.15, 0.2) is 135 Å². The molecule has 0 N–H and O–H groups in total. The van der Waals surface area contributed by atoms with Crippen LogP contribution in [0.3, 0.4) is 0 Å². The van der Waals surface area contributed by atoms with Gasteiger partial charge in [0.1, 0.15) is 0 Å². The highest BCUT2D eigenvalue weighted by atomic mass is 35.5. The Bertz CT molecular complexity index is 1850. The van der Waals surface area contributed by atoms with E-state index in [1.807, 2.05) is 140 Å². The van der Waals surface area contributed by atoms with Crippen molar-refractivity contribution in [2.45, 2.75) is 98.6 Å². The van der Waals surface area contributed by atoms with Crippen LogP contribution in [-0.4, -0.2) is 23.0 Å². The number of unbranched alkanes of at least 4 members (excludes halogenated alkanes) is 4. The number of hydrogen-bond donors (Lipinski definition) is 0. The van der Waals surface area contributed by atoms with Gasteiger partial charge < -0.3 is 0 Å². The largest absolute Gasteiger partial charge is 0.201 e. The molecule has 20 heteroatoms. The summed E-state index contributed by atoms with van der Waals surface area (Å²) < 4.78 is 25.6. The molecule has 1 heterocycles. The van der Waals surface area contributed by atoms with Crippen LogP contribution in [0.25, 0.3) is 0 Å². The average molecular weight is 1110 g/mol. The maximum absolute atomic E-state index is 6.52. The van der Waals surface area contributed by atoms with Crippen LogP contribution in [0.4, 0.5) is 0 Å². The monoisotopic (exact) mass is 1110 g/mol. The second kappa shape index (κ2) is 26.9. The van der Waals surface area contributed by atoms with E-state index in [1.54, 1.807) is 0 Å². The molecule has 0 unspecified atom stereocenters. The zero-order chi connectivity index (χ0) is 42.9. The molecule has 0 atom stereocenters. The molecule has 328 valence electrons. The molecule has 0 aliphatic carbocycles. The standard InChI is InChI=1S/C40H52Cl4N4P4S8/c1-5-9-29-53-49(57-37-21-13-33(41)14-22-37)45-50(54-30-10-6-2,58-38-23-15-34(42)16-24-38)47-52(56-32-12-8-4,60-40-27-19-36(44)20-28-40)48-51(46-49,55-31-11-7-3)59-39-25-17-35(43)18-26-39/h13-28H,5-12,29-32H2,1-4H3. The summed E-state index contributed by atoms with van der Waals surface area (Å²) in [4.78, 5) is 4.44. The summed E-state index contributed by atoms with van der Waals surface area (Å²) in [7, 11) is 0. The smallest absolute Gasteiger partial charge is 0.195 e. The van der Waals surface area contributed by atoms with Crippen LogP contribution < -0.4 is 0 Å². The van der Waals surface area contributed by atoms with Gasteiger partial charge in [0.25, 0.3) is 0 Å². The predicted molar refractivity (Wildman–Crippen MR) is 296 cm³/mol. The van der Waals surface area contributed by atoms with Gasteiger partial charge in [0.15, 0.2) is 22.4 Å². The molecule has 0 radical (unpaired) electrons. The molecule has 4 aromatic rings. The highest BCUT2D eigenvalue weighted by Crippen LogP contribution is 2.98. The van der Waals surface area contributed by atoms with Crippen LogP contribution in [0, 0.1) is 0 Å². The first kappa shape index (κ1) is 52.7. The predicted octanol–water partition coefficient (Wildman–Crippen LogP) is 23.7. The Morgan fingerprint density at radius 2 is 0.517 bits per heavy atom. The molecule has 0 spiro atoms. The minimum atomic E-state index is -2.74. The minimum absolute atomic E-state index is 0.713. The molecule has 0 bridgehead atoms. The summed E-state index contributed by atoms with van der Waals surface area (Å²) in [6.07, 6.45) is 8.63. The van der Waals surface area contributed by atoms with E-state index < -0.39 is 22.4 Å². The third-order valence-electron chi connectivity index (χ3n) is 8.09. The fourth-order valence-electron chi connectivity index (χ4n) is 4.94. The first-order chi connectivity index (χ1) is 29.0. The van der Waals surface area contributed by atoms with Crippen molar-refractivity contribution in [3.63, 3.8) is 0 Å². The van der Waals surface area contributed by atoms with E-state index in [1.165, 1.54) is 0 Å². The Balaban J connectivity index is 1.99. The summed E-state index contributed by atoms with van der Waals surface area (Å²) in [5, 5.41) is 2.85. The van der Waals surface area contributed by atoms with E-state index in [4.69, 9.17) is 64.5 Å². The van der Waals surface area contributed by atoms with Crippen LogP contribution in [0.1, 0.15) is 79.1 Å². The Labute approximate surface area is 412 Å². The molecule has 4 aromatic carbocycles.